The van der Waals surface area contributed by atoms with E-state index in [9.17, 15) is 0 Å². The van der Waals surface area contributed by atoms with Gasteiger partial charge in [-0.15, -0.1) is 0 Å². The minimum absolute atomic E-state index is 0.251. The fourth-order valence-corrected chi connectivity index (χ4v) is 3.19. The Hall–Kier alpha value is -1.74. The lowest BCUT2D eigenvalue weighted by Crippen LogP contribution is -2.35. The molecule has 0 amide bonds. The molecule has 1 aromatic carbocycles. The minimum Gasteiger partial charge on any atom is -0.493 e. The Morgan fingerprint density at radius 2 is 2.00 bits per heavy atom. The van der Waals surface area contributed by atoms with Crippen LogP contribution in [0.25, 0.3) is 0 Å². The zero-order valence-electron chi connectivity index (χ0n) is 13.1. The van der Waals surface area contributed by atoms with Gasteiger partial charge in [0.2, 0.25) is 0 Å². The molecule has 3 rings (SSSR count). The van der Waals surface area contributed by atoms with Gasteiger partial charge in [0, 0.05) is 29.1 Å². The summed E-state index contributed by atoms with van der Waals surface area (Å²) in [6.45, 7) is 9.21. The van der Waals surface area contributed by atoms with E-state index < -0.39 is 0 Å². The second-order valence-corrected chi connectivity index (χ2v) is 6.06. The molecule has 0 saturated heterocycles. The van der Waals surface area contributed by atoms with Crippen molar-refractivity contribution in [2.24, 2.45) is 5.92 Å². The van der Waals surface area contributed by atoms with Crippen molar-refractivity contribution < 1.29 is 9.15 Å². The van der Waals surface area contributed by atoms with E-state index >= 15 is 0 Å². The molecule has 1 aliphatic heterocycles. The number of ether oxygens (including phenoxy) is 1. The van der Waals surface area contributed by atoms with Gasteiger partial charge in [-0.2, -0.15) is 0 Å². The Labute approximate surface area is 126 Å². The van der Waals surface area contributed by atoms with Gasteiger partial charge in [-0.05, 0) is 32.9 Å². The predicted molar refractivity (Wildman–Crippen MR) is 83.6 cm³/mol. The molecular weight excluding hydrogens is 262 g/mol. The first-order chi connectivity index (χ1) is 10.1. The summed E-state index contributed by atoms with van der Waals surface area (Å²) in [7, 11) is 0. The monoisotopic (exact) mass is 285 g/mol. The lowest BCUT2D eigenvalue weighted by Gasteiger charge is -2.34. The summed E-state index contributed by atoms with van der Waals surface area (Å²) in [5, 5.41) is 3.76. The molecule has 1 aromatic heterocycles. The third-order valence-electron chi connectivity index (χ3n) is 4.30. The van der Waals surface area contributed by atoms with Crippen LogP contribution < -0.4 is 10.1 Å². The number of para-hydroxylation sites is 1. The molecule has 3 atom stereocenters. The normalized spacial score (nSPS) is 22.5. The average molecular weight is 285 g/mol. The highest BCUT2D eigenvalue weighted by Gasteiger charge is 2.29. The number of benzene rings is 1. The van der Waals surface area contributed by atoms with E-state index in [2.05, 4.69) is 37.4 Å². The molecule has 3 heteroatoms. The average Bonchev–Trinajstić information content (AvgIpc) is 2.81. The van der Waals surface area contributed by atoms with Gasteiger partial charge < -0.3 is 14.5 Å². The van der Waals surface area contributed by atoms with Gasteiger partial charge in [0.25, 0.3) is 0 Å². The lowest BCUT2D eigenvalue weighted by molar-refractivity contribution is 0.182. The van der Waals surface area contributed by atoms with Gasteiger partial charge in [-0.3, -0.25) is 0 Å². The Morgan fingerprint density at radius 1 is 1.24 bits per heavy atom. The van der Waals surface area contributed by atoms with Gasteiger partial charge >= 0.3 is 0 Å². The zero-order valence-corrected chi connectivity index (χ0v) is 13.1. The molecule has 21 heavy (non-hydrogen) atoms. The molecule has 0 saturated carbocycles. The van der Waals surface area contributed by atoms with Crippen molar-refractivity contribution in [3.05, 3.63) is 53.0 Å². The number of furan rings is 1. The van der Waals surface area contributed by atoms with Gasteiger partial charge in [0.05, 0.1) is 6.61 Å². The Balaban J connectivity index is 1.85. The van der Waals surface area contributed by atoms with Gasteiger partial charge in [-0.25, -0.2) is 0 Å². The van der Waals surface area contributed by atoms with E-state index in [4.69, 9.17) is 9.15 Å². The van der Waals surface area contributed by atoms with Crippen molar-refractivity contribution in [2.75, 3.05) is 6.61 Å². The van der Waals surface area contributed by atoms with Crippen LogP contribution in [0, 0.1) is 19.8 Å². The van der Waals surface area contributed by atoms with Gasteiger partial charge in [-0.1, -0.05) is 25.1 Å². The molecule has 0 fully saturated rings. The molecule has 0 spiro atoms. The molecular formula is C18H23NO2. The highest BCUT2D eigenvalue weighted by molar-refractivity contribution is 5.38. The maximum atomic E-state index is 5.82. The van der Waals surface area contributed by atoms with Crippen molar-refractivity contribution in [2.45, 2.75) is 39.8 Å². The van der Waals surface area contributed by atoms with Crippen LogP contribution in [0.3, 0.4) is 0 Å². The van der Waals surface area contributed by atoms with Crippen molar-refractivity contribution in [3.63, 3.8) is 0 Å². The zero-order chi connectivity index (χ0) is 15.0. The van der Waals surface area contributed by atoms with Crippen LogP contribution in [0.1, 0.15) is 48.6 Å². The number of hydrogen-bond donors (Lipinski definition) is 1. The molecule has 1 aliphatic rings. The van der Waals surface area contributed by atoms with Crippen molar-refractivity contribution in [3.8, 4) is 5.75 Å². The molecule has 112 valence electrons. The third-order valence-corrected chi connectivity index (χ3v) is 4.30. The van der Waals surface area contributed by atoms with Crippen LogP contribution in [0.15, 0.2) is 34.7 Å². The Morgan fingerprint density at radius 3 is 2.71 bits per heavy atom. The molecule has 2 heterocycles. The Bertz CT molecular complexity index is 632. The SMILES string of the molecule is Cc1cc(C(C)NC2c3ccccc3OCC2C)c(C)o1. The van der Waals surface area contributed by atoms with E-state index in [1.54, 1.807) is 0 Å². The van der Waals surface area contributed by atoms with E-state index in [1.165, 1.54) is 11.1 Å². The van der Waals surface area contributed by atoms with Crippen molar-refractivity contribution in [1.29, 1.82) is 0 Å². The van der Waals surface area contributed by atoms with Gasteiger partial charge in [0.1, 0.15) is 17.3 Å². The summed E-state index contributed by atoms with van der Waals surface area (Å²) in [5.74, 6) is 3.41. The van der Waals surface area contributed by atoms with Crippen LogP contribution in [0.4, 0.5) is 0 Å². The highest BCUT2D eigenvalue weighted by atomic mass is 16.5. The minimum atomic E-state index is 0.251. The number of rotatable bonds is 3. The first-order valence-electron chi connectivity index (χ1n) is 7.61. The number of nitrogens with one attached hydrogen (secondary N) is 1. The second-order valence-electron chi connectivity index (χ2n) is 6.06. The molecule has 3 unspecified atom stereocenters. The topological polar surface area (TPSA) is 34.4 Å². The largest absolute Gasteiger partial charge is 0.493 e. The van der Waals surface area contributed by atoms with Crippen LogP contribution in [-0.4, -0.2) is 6.61 Å². The molecule has 0 radical (unpaired) electrons. The smallest absolute Gasteiger partial charge is 0.124 e. The third kappa shape index (κ3) is 2.70. The maximum absolute atomic E-state index is 5.82. The standard InChI is InChI=1S/C18H23NO2/c1-11-10-20-17-8-6-5-7-15(17)18(11)19-13(3)16-9-12(2)21-14(16)4/h5-9,11,13,18-19H,10H2,1-4H3. The first kappa shape index (κ1) is 14.2. The molecule has 0 aliphatic carbocycles. The van der Waals surface area contributed by atoms with E-state index in [1.807, 2.05) is 26.0 Å². The molecule has 3 nitrogen and oxygen atoms in total. The van der Waals surface area contributed by atoms with Gasteiger partial charge in [0.15, 0.2) is 0 Å². The van der Waals surface area contributed by atoms with E-state index in [0.717, 1.165) is 23.9 Å². The quantitative estimate of drug-likeness (QED) is 0.912. The summed E-state index contributed by atoms with van der Waals surface area (Å²) in [6.07, 6.45) is 0. The number of aryl methyl sites for hydroxylation is 2. The van der Waals surface area contributed by atoms with Crippen molar-refractivity contribution >= 4 is 0 Å². The fraction of sp³-hybridized carbons (Fsp3) is 0.444. The predicted octanol–water partition coefficient (Wildman–Crippen LogP) is 4.32. The molecule has 2 aromatic rings. The lowest BCUT2D eigenvalue weighted by atomic mass is 9.91. The maximum Gasteiger partial charge on any atom is 0.124 e. The summed E-state index contributed by atoms with van der Waals surface area (Å²) >= 11 is 0. The first-order valence-corrected chi connectivity index (χ1v) is 7.61. The fourth-order valence-electron chi connectivity index (χ4n) is 3.19. The summed E-state index contributed by atoms with van der Waals surface area (Å²) in [5.41, 5.74) is 2.49. The molecule has 0 bridgehead atoms. The van der Waals surface area contributed by atoms with E-state index in [-0.39, 0.29) is 6.04 Å². The number of fused-ring (bicyclic) bond motifs is 1. The summed E-state index contributed by atoms with van der Waals surface area (Å²) in [6, 6.07) is 11.0. The van der Waals surface area contributed by atoms with Crippen LogP contribution in [-0.2, 0) is 0 Å². The highest BCUT2D eigenvalue weighted by Crippen LogP contribution is 2.37. The summed E-state index contributed by atoms with van der Waals surface area (Å²) in [4.78, 5) is 0. The van der Waals surface area contributed by atoms with Crippen LogP contribution in [0.5, 0.6) is 5.75 Å². The summed E-state index contributed by atoms with van der Waals surface area (Å²) < 4.78 is 11.5. The second kappa shape index (κ2) is 5.57. The van der Waals surface area contributed by atoms with Crippen LogP contribution in [0.2, 0.25) is 0 Å². The van der Waals surface area contributed by atoms with Crippen LogP contribution >= 0.6 is 0 Å². The Kier molecular flexibility index (Phi) is 3.77. The van der Waals surface area contributed by atoms with E-state index in [0.29, 0.717) is 12.0 Å². The number of hydrogen-bond acceptors (Lipinski definition) is 3. The van der Waals surface area contributed by atoms with Crippen molar-refractivity contribution in [1.82, 2.24) is 5.32 Å². The molecule has 1 N–H and O–H groups in total.